The molecule has 7 heteroatoms. The van der Waals surface area contributed by atoms with Gasteiger partial charge in [-0.3, -0.25) is 0 Å². The second kappa shape index (κ2) is 38.7. The van der Waals surface area contributed by atoms with E-state index in [2.05, 4.69) is 13.8 Å². The second-order valence-electron chi connectivity index (χ2n) is 15.6. The molecule has 4 nitrogen and oxygen atoms in total. The number of hydrogen-bond donors (Lipinski definition) is 0. The third kappa shape index (κ3) is 29.1. The number of unbranched alkanes of at least 4 members (excludes halogenated alkanes) is 26. The number of carboxylic acid groups (broad SMARTS) is 2. The third-order valence-electron chi connectivity index (χ3n) is 10.8. The van der Waals surface area contributed by atoms with Gasteiger partial charge in [-0.1, -0.05) is 253 Å². The van der Waals surface area contributed by atoms with Crippen LogP contribution in [0.2, 0.25) is 10.0 Å². The van der Waals surface area contributed by atoms with Crippen LogP contribution in [0.25, 0.3) is 0 Å². The molecule has 0 aliphatic rings. The third-order valence-corrected chi connectivity index (χ3v) is 11.5. The topological polar surface area (TPSA) is 80.3 Å². The molecule has 0 spiro atoms. The normalized spacial score (nSPS) is 12.0. The molecule has 2 rings (SSSR count). The molecular weight excluding hydrogens is 752 g/mol. The van der Waals surface area contributed by atoms with Crippen LogP contribution in [-0.2, 0) is 9.59 Å². The number of carbonyl (C=O) groups is 2. The predicted octanol–water partition coefficient (Wildman–Crippen LogP) is 13.7. The Bertz CT molecular complexity index is 1100. The van der Waals surface area contributed by atoms with Crippen LogP contribution in [0.4, 0.5) is 0 Å². The first-order valence-corrected chi connectivity index (χ1v) is 23.0. The van der Waals surface area contributed by atoms with E-state index in [9.17, 15) is 19.8 Å². The van der Waals surface area contributed by atoms with Crippen LogP contribution >= 0.6 is 23.2 Å². The maximum absolute atomic E-state index is 11.4. The molecule has 2 aromatic rings. The van der Waals surface area contributed by atoms with Crippen molar-refractivity contribution in [2.24, 2.45) is 0 Å². The van der Waals surface area contributed by atoms with Gasteiger partial charge in [-0.05, 0) is 36.1 Å². The van der Waals surface area contributed by atoms with Crippen LogP contribution < -0.4 is 10.2 Å². The maximum atomic E-state index is 11.4. The summed E-state index contributed by atoms with van der Waals surface area (Å²) in [5.74, 6) is -3.21. The van der Waals surface area contributed by atoms with Crippen LogP contribution in [0, 0.1) is 0 Å². The maximum Gasteiger partial charge on any atom is 2.00 e. The second-order valence-corrected chi connectivity index (χ2v) is 16.4. The van der Waals surface area contributed by atoms with Crippen molar-refractivity contribution in [3.63, 3.8) is 0 Å². The number of halogens is 2. The summed E-state index contributed by atoms with van der Waals surface area (Å²) in [4.78, 5) is 22.9. The molecule has 2 unspecified atom stereocenters. The molecule has 0 fully saturated rings. The Kier molecular flexibility index (Phi) is 38.2. The molecule has 0 aliphatic heterocycles. The van der Waals surface area contributed by atoms with E-state index >= 15 is 0 Å². The van der Waals surface area contributed by atoms with Gasteiger partial charge in [0.1, 0.15) is 0 Å². The first kappa shape index (κ1) is 54.2. The van der Waals surface area contributed by atoms with E-state index in [0.29, 0.717) is 34.0 Å². The van der Waals surface area contributed by atoms with Crippen molar-refractivity contribution in [2.75, 3.05) is 0 Å². The molecular formula is C48H76CaCl2O4. The molecule has 0 heterocycles. The first-order valence-electron chi connectivity index (χ1n) is 22.2. The van der Waals surface area contributed by atoms with E-state index in [-0.39, 0.29) is 37.7 Å². The van der Waals surface area contributed by atoms with E-state index in [1.165, 1.54) is 154 Å². The average Bonchev–Trinajstić information content (AvgIpc) is 3.16. The zero-order chi connectivity index (χ0) is 39.5. The van der Waals surface area contributed by atoms with E-state index in [1.54, 1.807) is 24.3 Å². The molecule has 308 valence electrons. The van der Waals surface area contributed by atoms with Crippen molar-refractivity contribution < 1.29 is 19.8 Å². The molecule has 2 aromatic carbocycles. The van der Waals surface area contributed by atoms with Gasteiger partial charge in [0.25, 0.3) is 0 Å². The zero-order valence-corrected chi connectivity index (χ0v) is 38.8. The number of carbonyl (C=O) groups excluding carboxylic acids is 2. The Balaban J connectivity index is 0.00000104. The van der Waals surface area contributed by atoms with Gasteiger partial charge < -0.3 is 19.8 Å². The molecule has 2 atom stereocenters. The summed E-state index contributed by atoms with van der Waals surface area (Å²) >= 11 is 12.3. The van der Waals surface area contributed by atoms with Crippen LogP contribution in [0.5, 0.6) is 0 Å². The van der Waals surface area contributed by atoms with E-state index < -0.39 is 23.8 Å². The molecule has 55 heavy (non-hydrogen) atoms. The van der Waals surface area contributed by atoms with Gasteiger partial charge in [0, 0.05) is 33.8 Å². The minimum atomic E-state index is -1.02. The van der Waals surface area contributed by atoms with Gasteiger partial charge in [0.15, 0.2) is 0 Å². The number of rotatable bonds is 34. The SMILES string of the molecule is CCCCCCCCCCCCCCCCC(C(=O)[O-])c1ccccc1Cl.CCCCCCCCCCCCCCCCC(C(=O)[O-])c1ccccc1Cl.[Ca+2]. The molecule has 0 saturated carbocycles. The standard InChI is InChI=1S/2C24H39ClO2.Ca/c2*1-2-3-4-5-6-7-8-9-10-11-12-13-14-15-19-22(24(26)27)21-18-16-17-20-23(21)25;/h2*16-18,20,22H,2-15,19H2,1H3,(H,26,27);/q;;+2/p-2. The summed E-state index contributed by atoms with van der Waals surface area (Å²) in [6.07, 6.45) is 37.7. The Morgan fingerprint density at radius 2 is 0.636 bits per heavy atom. The van der Waals surface area contributed by atoms with Crippen LogP contribution in [0.1, 0.15) is 229 Å². The Labute approximate surface area is 377 Å². The largest absolute Gasteiger partial charge is 2.00 e. The zero-order valence-electron chi connectivity index (χ0n) is 35.1. The Morgan fingerprint density at radius 3 is 0.855 bits per heavy atom. The molecule has 0 radical (unpaired) electrons. The smallest absolute Gasteiger partial charge is 0.549 e. The van der Waals surface area contributed by atoms with Gasteiger partial charge in [-0.15, -0.1) is 0 Å². The van der Waals surface area contributed by atoms with E-state index in [1.807, 2.05) is 24.3 Å². The monoisotopic (exact) mass is 826 g/mol. The number of aliphatic carboxylic acids is 2. The Hall–Kier alpha value is -0.780. The summed E-state index contributed by atoms with van der Waals surface area (Å²) in [5.41, 5.74) is 1.38. The van der Waals surface area contributed by atoms with Crippen molar-refractivity contribution in [3.8, 4) is 0 Å². The average molecular weight is 828 g/mol. The van der Waals surface area contributed by atoms with Crippen molar-refractivity contribution in [1.82, 2.24) is 0 Å². The summed E-state index contributed by atoms with van der Waals surface area (Å²) in [7, 11) is 0. The van der Waals surface area contributed by atoms with Crippen molar-refractivity contribution in [2.45, 2.75) is 218 Å². The predicted molar refractivity (Wildman–Crippen MR) is 234 cm³/mol. The van der Waals surface area contributed by atoms with E-state index in [0.717, 1.165) is 25.7 Å². The molecule has 0 aliphatic carbocycles. The van der Waals surface area contributed by atoms with Crippen molar-refractivity contribution in [3.05, 3.63) is 69.7 Å². The fourth-order valence-corrected chi connectivity index (χ4v) is 7.94. The minimum Gasteiger partial charge on any atom is -0.549 e. The number of benzene rings is 2. The summed E-state index contributed by atoms with van der Waals surface area (Å²) in [6, 6.07) is 14.4. The van der Waals surface area contributed by atoms with Crippen LogP contribution in [-0.4, -0.2) is 49.7 Å². The minimum absolute atomic E-state index is 0. The van der Waals surface area contributed by atoms with Gasteiger partial charge >= 0.3 is 37.7 Å². The van der Waals surface area contributed by atoms with Crippen molar-refractivity contribution >= 4 is 72.9 Å². The van der Waals surface area contributed by atoms with Crippen LogP contribution in [0.3, 0.4) is 0 Å². The van der Waals surface area contributed by atoms with Gasteiger partial charge in [-0.2, -0.15) is 0 Å². The van der Waals surface area contributed by atoms with Gasteiger partial charge in [-0.25, -0.2) is 0 Å². The molecule has 0 saturated heterocycles. The molecule has 0 amide bonds. The first-order chi connectivity index (χ1) is 26.3. The fourth-order valence-electron chi connectivity index (χ4n) is 7.40. The molecule has 0 bridgehead atoms. The van der Waals surface area contributed by atoms with Gasteiger partial charge in [0.05, 0.1) is 0 Å². The molecule has 0 aromatic heterocycles. The fraction of sp³-hybridized carbons (Fsp3) is 0.708. The Morgan fingerprint density at radius 1 is 0.418 bits per heavy atom. The number of carboxylic acids is 2. The number of hydrogen-bond acceptors (Lipinski definition) is 4. The van der Waals surface area contributed by atoms with Crippen LogP contribution in [0.15, 0.2) is 48.5 Å². The molecule has 0 N–H and O–H groups in total. The van der Waals surface area contributed by atoms with Crippen molar-refractivity contribution in [1.29, 1.82) is 0 Å². The van der Waals surface area contributed by atoms with E-state index in [4.69, 9.17) is 23.2 Å². The quantitative estimate of drug-likeness (QED) is 0.0520. The van der Waals surface area contributed by atoms with Gasteiger partial charge in [0.2, 0.25) is 0 Å². The summed E-state index contributed by atoms with van der Waals surface area (Å²) < 4.78 is 0. The summed E-state index contributed by atoms with van der Waals surface area (Å²) in [6.45, 7) is 4.53. The summed E-state index contributed by atoms with van der Waals surface area (Å²) in [5, 5.41) is 23.9.